The van der Waals surface area contributed by atoms with Gasteiger partial charge in [-0.1, -0.05) is 30.3 Å². The maximum absolute atomic E-state index is 13.7. The van der Waals surface area contributed by atoms with E-state index in [1.165, 1.54) is 12.1 Å². The molecule has 4 aromatic rings. The van der Waals surface area contributed by atoms with Gasteiger partial charge in [0.25, 0.3) is 5.91 Å². The summed E-state index contributed by atoms with van der Waals surface area (Å²) in [7, 11) is 0. The SMILES string of the molecule is O=C(COC(=O)c1cc(-c2ccccn2)nc2ccccc12)Nc1c(F)cccc1F. The van der Waals surface area contributed by atoms with E-state index in [0.717, 1.165) is 12.1 Å². The molecule has 31 heavy (non-hydrogen) atoms. The number of benzene rings is 2. The Morgan fingerprint density at radius 3 is 2.39 bits per heavy atom. The molecule has 0 aliphatic rings. The average molecular weight is 419 g/mol. The third-order valence-electron chi connectivity index (χ3n) is 4.42. The number of amides is 1. The van der Waals surface area contributed by atoms with Gasteiger partial charge in [0.15, 0.2) is 6.61 Å². The van der Waals surface area contributed by atoms with Crippen LogP contribution in [-0.4, -0.2) is 28.5 Å². The molecule has 0 saturated heterocycles. The predicted octanol–water partition coefficient (Wildman–Crippen LogP) is 4.37. The Bertz CT molecular complexity index is 1260. The summed E-state index contributed by atoms with van der Waals surface area (Å²) in [5, 5.41) is 2.61. The van der Waals surface area contributed by atoms with Gasteiger partial charge in [-0.25, -0.2) is 18.6 Å². The highest BCUT2D eigenvalue weighted by atomic mass is 19.1. The molecule has 154 valence electrons. The molecular formula is C23H15F2N3O3. The van der Waals surface area contributed by atoms with Crippen molar-refractivity contribution >= 4 is 28.5 Å². The summed E-state index contributed by atoms with van der Waals surface area (Å²) in [4.78, 5) is 33.6. The highest BCUT2D eigenvalue weighted by Gasteiger charge is 2.18. The largest absolute Gasteiger partial charge is 0.452 e. The third kappa shape index (κ3) is 4.37. The van der Waals surface area contributed by atoms with Crippen LogP contribution in [0.15, 0.2) is 72.9 Å². The van der Waals surface area contributed by atoms with Crippen LogP contribution >= 0.6 is 0 Å². The van der Waals surface area contributed by atoms with Crippen molar-refractivity contribution < 1.29 is 23.1 Å². The summed E-state index contributed by atoms with van der Waals surface area (Å²) in [5.74, 6) is -3.51. The Balaban J connectivity index is 1.57. The van der Waals surface area contributed by atoms with Crippen molar-refractivity contribution in [2.24, 2.45) is 0 Å². The number of carbonyl (C=O) groups is 2. The fourth-order valence-electron chi connectivity index (χ4n) is 2.99. The van der Waals surface area contributed by atoms with E-state index < -0.39 is 35.8 Å². The number of pyridine rings is 2. The summed E-state index contributed by atoms with van der Waals surface area (Å²) in [6, 6.07) is 17.0. The monoisotopic (exact) mass is 419 g/mol. The van der Waals surface area contributed by atoms with Crippen molar-refractivity contribution in [3.05, 3.63) is 90.1 Å². The van der Waals surface area contributed by atoms with Gasteiger partial charge in [0.05, 0.1) is 22.5 Å². The van der Waals surface area contributed by atoms with E-state index in [1.807, 2.05) is 0 Å². The molecule has 0 saturated carbocycles. The van der Waals surface area contributed by atoms with Crippen LogP contribution in [0, 0.1) is 11.6 Å². The van der Waals surface area contributed by atoms with E-state index >= 15 is 0 Å². The molecule has 0 aliphatic heterocycles. The second kappa shape index (κ2) is 8.66. The second-order valence-electron chi connectivity index (χ2n) is 6.51. The van der Waals surface area contributed by atoms with Crippen LogP contribution in [0.5, 0.6) is 0 Å². The lowest BCUT2D eigenvalue weighted by Crippen LogP contribution is -2.22. The van der Waals surface area contributed by atoms with Crippen molar-refractivity contribution in [3.8, 4) is 11.4 Å². The van der Waals surface area contributed by atoms with Crippen LogP contribution in [0.2, 0.25) is 0 Å². The van der Waals surface area contributed by atoms with Gasteiger partial charge in [0.2, 0.25) is 0 Å². The maximum atomic E-state index is 13.7. The highest BCUT2D eigenvalue weighted by molar-refractivity contribution is 6.05. The number of para-hydroxylation sites is 2. The molecule has 1 N–H and O–H groups in total. The van der Waals surface area contributed by atoms with Gasteiger partial charge in [-0.15, -0.1) is 0 Å². The Hall–Kier alpha value is -4.20. The molecule has 8 heteroatoms. The molecule has 2 aromatic heterocycles. The average Bonchev–Trinajstić information content (AvgIpc) is 2.80. The topological polar surface area (TPSA) is 81.2 Å². The number of anilines is 1. The summed E-state index contributed by atoms with van der Waals surface area (Å²) >= 11 is 0. The number of nitrogens with one attached hydrogen (secondary N) is 1. The van der Waals surface area contributed by atoms with Gasteiger partial charge in [0, 0.05) is 11.6 Å². The molecular weight excluding hydrogens is 404 g/mol. The zero-order valence-electron chi connectivity index (χ0n) is 16.0. The molecule has 2 heterocycles. The number of esters is 1. The standard InChI is InChI=1S/C23H15F2N3O3/c24-16-7-5-8-17(25)22(16)28-21(29)13-31-23(30)15-12-20(19-10-3-4-11-26-19)27-18-9-2-1-6-14(15)18/h1-12H,13H2,(H,28,29). The van der Waals surface area contributed by atoms with E-state index in [0.29, 0.717) is 22.3 Å². The van der Waals surface area contributed by atoms with Crippen LogP contribution in [0.25, 0.3) is 22.3 Å². The zero-order valence-corrected chi connectivity index (χ0v) is 16.0. The number of nitrogens with zero attached hydrogens (tertiary/aromatic N) is 2. The normalized spacial score (nSPS) is 10.6. The van der Waals surface area contributed by atoms with Crippen LogP contribution < -0.4 is 5.32 Å². The molecule has 0 aliphatic carbocycles. The quantitative estimate of drug-likeness (QED) is 0.486. The van der Waals surface area contributed by atoms with E-state index in [9.17, 15) is 18.4 Å². The van der Waals surface area contributed by atoms with Crippen LogP contribution in [0.4, 0.5) is 14.5 Å². The minimum atomic E-state index is -0.931. The van der Waals surface area contributed by atoms with Crippen molar-refractivity contribution in [2.45, 2.75) is 0 Å². The molecule has 4 rings (SSSR count). The second-order valence-corrected chi connectivity index (χ2v) is 6.51. The number of ether oxygens (including phenoxy) is 1. The summed E-state index contributed by atoms with van der Waals surface area (Å²) in [5.41, 5.74) is 1.17. The third-order valence-corrected chi connectivity index (χ3v) is 4.42. The van der Waals surface area contributed by atoms with E-state index in [2.05, 4.69) is 15.3 Å². The van der Waals surface area contributed by atoms with Gasteiger partial charge in [0.1, 0.15) is 17.3 Å². The molecule has 0 fully saturated rings. The van der Waals surface area contributed by atoms with Gasteiger partial charge >= 0.3 is 5.97 Å². The first-order valence-corrected chi connectivity index (χ1v) is 9.25. The fourth-order valence-corrected chi connectivity index (χ4v) is 2.99. The van der Waals surface area contributed by atoms with Gasteiger partial charge in [-0.2, -0.15) is 0 Å². The summed E-state index contributed by atoms with van der Waals surface area (Å²) in [6.07, 6.45) is 1.61. The number of aromatic nitrogens is 2. The summed E-state index contributed by atoms with van der Waals surface area (Å²) < 4.78 is 32.5. The first-order valence-electron chi connectivity index (χ1n) is 9.25. The van der Waals surface area contributed by atoms with Crippen molar-refractivity contribution in [1.82, 2.24) is 9.97 Å². The molecule has 0 spiro atoms. The van der Waals surface area contributed by atoms with Crippen molar-refractivity contribution in [2.75, 3.05) is 11.9 Å². The van der Waals surface area contributed by atoms with E-state index in [1.54, 1.807) is 48.7 Å². The molecule has 0 atom stereocenters. The van der Waals surface area contributed by atoms with Crippen LogP contribution in [0.3, 0.4) is 0 Å². The number of hydrogen-bond acceptors (Lipinski definition) is 5. The molecule has 0 unspecified atom stereocenters. The number of carbonyl (C=O) groups excluding carboxylic acids is 2. The number of halogens is 2. The lowest BCUT2D eigenvalue weighted by molar-refractivity contribution is -0.119. The van der Waals surface area contributed by atoms with Gasteiger partial charge < -0.3 is 10.1 Å². The van der Waals surface area contributed by atoms with Crippen molar-refractivity contribution in [1.29, 1.82) is 0 Å². The lowest BCUT2D eigenvalue weighted by atomic mass is 10.1. The predicted molar refractivity (Wildman–Crippen MR) is 110 cm³/mol. The lowest BCUT2D eigenvalue weighted by Gasteiger charge is -2.11. The number of hydrogen-bond donors (Lipinski definition) is 1. The van der Waals surface area contributed by atoms with Gasteiger partial charge in [-0.05, 0) is 36.4 Å². The first kappa shape index (κ1) is 20.1. The Morgan fingerprint density at radius 2 is 1.65 bits per heavy atom. The molecule has 0 radical (unpaired) electrons. The summed E-state index contributed by atoms with van der Waals surface area (Å²) in [6.45, 7) is -0.720. The first-order chi connectivity index (χ1) is 15.0. The maximum Gasteiger partial charge on any atom is 0.339 e. The van der Waals surface area contributed by atoms with E-state index in [4.69, 9.17) is 4.74 Å². The molecule has 0 bridgehead atoms. The molecule has 2 aromatic carbocycles. The van der Waals surface area contributed by atoms with Crippen LogP contribution in [0.1, 0.15) is 10.4 Å². The van der Waals surface area contributed by atoms with Crippen molar-refractivity contribution in [3.63, 3.8) is 0 Å². The minimum absolute atomic E-state index is 0.191. The van der Waals surface area contributed by atoms with Crippen LogP contribution in [-0.2, 0) is 9.53 Å². The molecule has 1 amide bonds. The number of rotatable bonds is 5. The zero-order chi connectivity index (χ0) is 21.8. The Labute approximate surface area is 175 Å². The van der Waals surface area contributed by atoms with Gasteiger partial charge in [-0.3, -0.25) is 9.78 Å². The van der Waals surface area contributed by atoms with E-state index in [-0.39, 0.29) is 5.56 Å². The highest BCUT2D eigenvalue weighted by Crippen LogP contribution is 2.24. The Morgan fingerprint density at radius 1 is 0.903 bits per heavy atom. The Kier molecular flexibility index (Phi) is 5.61. The minimum Gasteiger partial charge on any atom is -0.452 e. The smallest absolute Gasteiger partial charge is 0.339 e. The fraction of sp³-hybridized carbons (Fsp3) is 0.0435. The number of fused-ring (bicyclic) bond motifs is 1. The molecule has 6 nitrogen and oxygen atoms in total.